The molecule has 5 nitrogen and oxygen atoms in total. The second kappa shape index (κ2) is 5.16. The van der Waals surface area contributed by atoms with Crippen LogP contribution in [0.25, 0.3) is 0 Å². The van der Waals surface area contributed by atoms with E-state index < -0.39 is 5.97 Å². The maximum Gasteiger partial charge on any atom is 0.354 e. The molecule has 2 rings (SSSR count). The van der Waals surface area contributed by atoms with Gasteiger partial charge in [-0.2, -0.15) is 0 Å². The zero-order chi connectivity index (χ0) is 13.1. The van der Waals surface area contributed by atoms with E-state index in [2.05, 4.69) is 11.9 Å². The third-order valence-corrected chi connectivity index (χ3v) is 3.34. The number of carboxylic acid groups (broad SMARTS) is 1. The molecule has 0 aromatic carbocycles. The molecule has 2 heterocycles. The van der Waals surface area contributed by atoms with Gasteiger partial charge in [-0.1, -0.05) is 6.92 Å². The Labute approximate surface area is 105 Å². The Kier molecular flexibility index (Phi) is 3.60. The van der Waals surface area contributed by atoms with Crippen molar-refractivity contribution in [3.8, 4) is 0 Å². The molecule has 0 aliphatic carbocycles. The van der Waals surface area contributed by atoms with Crippen LogP contribution in [0.5, 0.6) is 0 Å². The molecule has 5 heteroatoms. The number of likely N-dealkylation sites (tertiary alicyclic amines) is 1. The highest BCUT2D eigenvalue weighted by Crippen LogP contribution is 2.22. The van der Waals surface area contributed by atoms with Crippen LogP contribution in [0.1, 0.15) is 47.0 Å². The van der Waals surface area contributed by atoms with Gasteiger partial charge in [-0.15, -0.1) is 0 Å². The van der Waals surface area contributed by atoms with Crippen LogP contribution in [-0.4, -0.2) is 39.5 Å². The Morgan fingerprint density at radius 3 is 3.00 bits per heavy atom. The number of hydrogen-bond donors (Lipinski definition) is 1. The Morgan fingerprint density at radius 1 is 1.56 bits per heavy atom. The van der Waals surface area contributed by atoms with Crippen LogP contribution in [0.2, 0.25) is 0 Å². The molecular formula is C13H16N2O3. The van der Waals surface area contributed by atoms with Crippen molar-refractivity contribution in [1.82, 2.24) is 9.88 Å². The predicted molar refractivity (Wildman–Crippen MR) is 65.5 cm³/mol. The average Bonchev–Trinajstić information content (AvgIpc) is 2.86. The van der Waals surface area contributed by atoms with E-state index in [4.69, 9.17) is 5.11 Å². The summed E-state index contributed by atoms with van der Waals surface area (Å²) in [5.74, 6) is -1.21. The van der Waals surface area contributed by atoms with Gasteiger partial charge in [0.2, 0.25) is 0 Å². The van der Waals surface area contributed by atoms with Crippen LogP contribution in [0.4, 0.5) is 0 Å². The van der Waals surface area contributed by atoms with E-state index in [1.165, 1.54) is 12.3 Å². The zero-order valence-corrected chi connectivity index (χ0v) is 10.3. The summed E-state index contributed by atoms with van der Waals surface area (Å²) < 4.78 is 0. The van der Waals surface area contributed by atoms with Gasteiger partial charge in [0.05, 0.1) is 0 Å². The molecule has 1 unspecified atom stereocenters. The van der Waals surface area contributed by atoms with E-state index >= 15 is 0 Å². The van der Waals surface area contributed by atoms with Crippen molar-refractivity contribution >= 4 is 11.9 Å². The lowest BCUT2D eigenvalue weighted by Crippen LogP contribution is -2.35. The number of pyridine rings is 1. The van der Waals surface area contributed by atoms with E-state index in [9.17, 15) is 9.59 Å². The molecule has 1 saturated heterocycles. The summed E-state index contributed by atoms with van der Waals surface area (Å²) in [5.41, 5.74) is 0.316. The highest BCUT2D eigenvalue weighted by atomic mass is 16.4. The fraction of sp³-hybridized carbons (Fsp3) is 0.462. The molecule has 1 amide bonds. The summed E-state index contributed by atoms with van der Waals surface area (Å²) in [5, 5.41) is 8.87. The van der Waals surface area contributed by atoms with Crippen LogP contribution < -0.4 is 0 Å². The normalized spacial score (nSPS) is 18.9. The highest BCUT2D eigenvalue weighted by molar-refractivity contribution is 5.96. The Balaban J connectivity index is 2.23. The first-order valence-electron chi connectivity index (χ1n) is 6.13. The molecule has 0 bridgehead atoms. The third kappa shape index (κ3) is 2.34. The topological polar surface area (TPSA) is 70.5 Å². The number of carbonyl (C=O) groups is 2. The number of rotatable bonds is 3. The molecular weight excluding hydrogens is 232 g/mol. The minimum Gasteiger partial charge on any atom is -0.477 e. The van der Waals surface area contributed by atoms with Crippen molar-refractivity contribution in [2.75, 3.05) is 6.54 Å². The quantitative estimate of drug-likeness (QED) is 0.885. The lowest BCUT2D eigenvalue weighted by molar-refractivity contribution is 0.0690. The molecule has 0 saturated carbocycles. The molecule has 1 fully saturated rings. The van der Waals surface area contributed by atoms with Gasteiger partial charge in [0.15, 0.2) is 0 Å². The van der Waals surface area contributed by atoms with Gasteiger partial charge in [0, 0.05) is 24.3 Å². The van der Waals surface area contributed by atoms with E-state index in [0.29, 0.717) is 5.56 Å². The number of aromatic nitrogens is 1. The first-order valence-corrected chi connectivity index (χ1v) is 6.13. The van der Waals surface area contributed by atoms with Crippen molar-refractivity contribution < 1.29 is 14.7 Å². The van der Waals surface area contributed by atoms with Gasteiger partial charge < -0.3 is 10.0 Å². The van der Waals surface area contributed by atoms with Crippen molar-refractivity contribution in [1.29, 1.82) is 0 Å². The minimum absolute atomic E-state index is 0.0897. The van der Waals surface area contributed by atoms with Gasteiger partial charge in [-0.25, -0.2) is 9.78 Å². The number of carboxylic acids is 1. The van der Waals surface area contributed by atoms with Gasteiger partial charge in [-0.3, -0.25) is 4.79 Å². The molecule has 0 radical (unpaired) electrons. The monoisotopic (exact) mass is 248 g/mol. The molecule has 18 heavy (non-hydrogen) atoms. The standard InChI is InChI=1S/C13H16N2O3/c1-2-10-4-3-7-15(10)12(16)9-5-6-14-11(8-9)13(17)18/h5-6,8,10H,2-4,7H2,1H3,(H,17,18). The summed E-state index contributed by atoms with van der Waals surface area (Å²) in [4.78, 5) is 28.7. The number of aromatic carboxylic acids is 1. The van der Waals surface area contributed by atoms with Crippen molar-refractivity contribution in [3.63, 3.8) is 0 Å². The Hall–Kier alpha value is -1.91. The van der Waals surface area contributed by atoms with Crippen LogP contribution in [0.15, 0.2) is 18.3 Å². The molecule has 96 valence electrons. The first kappa shape index (κ1) is 12.5. The van der Waals surface area contributed by atoms with Crippen LogP contribution in [0.3, 0.4) is 0 Å². The lowest BCUT2D eigenvalue weighted by atomic mass is 10.1. The molecule has 1 aromatic heterocycles. The van der Waals surface area contributed by atoms with Crippen molar-refractivity contribution in [2.45, 2.75) is 32.2 Å². The average molecular weight is 248 g/mol. The number of amides is 1. The van der Waals surface area contributed by atoms with Gasteiger partial charge in [0.25, 0.3) is 5.91 Å². The number of hydrogen-bond acceptors (Lipinski definition) is 3. The lowest BCUT2D eigenvalue weighted by Gasteiger charge is -2.23. The minimum atomic E-state index is -1.11. The van der Waals surface area contributed by atoms with Crippen molar-refractivity contribution in [2.24, 2.45) is 0 Å². The van der Waals surface area contributed by atoms with Crippen molar-refractivity contribution in [3.05, 3.63) is 29.6 Å². The van der Waals surface area contributed by atoms with Crippen LogP contribution >= 0.6 is 0 Å². The van der Waals surface area contributed by atoms with E-state index in [1.54, 1.807) is 6.07 Å². The maximum absolute atomic E-state index is 12.3. The largest absolute Gasteiger partial charge is 0.477 e. The van der Waals surface area contributed by atoms with Gasteiger partial charge >= 0.3 is 5.97 Å². The molecule has 1 aliphatic heterocycles. The molecule has 0 spiro atoms. The summed E-state index contributed by atoms with van der Waals surface area (Å²) >= 11 is 0. The van der Waals surface area contributed by atoms with E-state index in [0.717, 1.165) is 25.8 Å². The number of nitrogens with zero attached hydrogens (tertiary/aromatic N) is 2. The van der Waals surface area contributed by atoms with Crippen LogP contribution in [-0.2, 0) is 0 Å². The summed E-state index contributed by atoms with van der Waals surface area (Å²) in [6.45, 7) is 2.81. The second-order valence-electron chi connectivity index (χ2n) is 4.44. The first-order chi connectivity index (χ1) is 8.63. The SMILES string of the molecule is CCC1CCCN1C(=O)c1ccnc(C(=O)O)c1. The fourth-order valence-corrected chi connectivity index (χ4v) is 2.37. The van der Waals surface area contributed by atoms with E-state index in [-0.39, 0.29) is 17.6 Å². The zero-order valence-electron chi connectivity index (χ0n) is 10.3. The molecule has 1 aromatic rings. The summed E-state index contributed by atoms with van der Waals surface area (Å²) in [7, 11) is 0. The number of carbonyl (C=O) groups excluding carboxylic acids is 1. The van der Waals surface area contributed by atoms with E-state index in [1.807, 2.05) is 4.90 Å². The predicted octanol–water partition coefficient (Wildman–Crippen LogP) is 1.79. The summed E-state index contributed by atoms with van der Waals surface area (Å²) in [6.07, 6.45) is 4.34. The second-order valence-corrected chi connectivity index (χ2v) is 4.44. The Bertz CT molecular complexity index is 473. The Morgan fingerprint density at radius 2 is 2.33 bits per heavy atom. The third-order valence-electron chi connectivity index (χ3n) is 3.34. The molecule has 1 atom stereocenters. The maximum atomic E-state index is 12.3. The summed E-state index contributed by atoms with van der Waals surface area (Å²) in [6, 6.07) is 3.19. The molecule has 1 N–H and O–H groups in total. The van der Waals surface area contributed by atoms with Crippen LogP contribution in [0, 0.1) is 0 Å². The fourth-order valence-electron chi connectivity index (χ4n) is 2.37. The molecule has 1 aliphatic rings. The van der Waals surface area contributed by atoms with Gasteiger partial charge in [-0.05, 0) is 31.4 Å². The van der Waals surface area contributed by atoms with Gasteiger partial charge in [0.1, 0.15) is 5.69 Å². The smallest absolute Gasteiger partial charge is 0.354 e. The highest BCUT2D eigenvalue weighted by Gasteiger charge is 2.28.